The van der Waals surface area contributed by atoms with Crippen molar-refractivity contribution in [1.29, 1.82) is 0 Å². The minimum atomic E-state index is -0.850. The molecule has 1 unspecified atom stereocenters. The van der Waals surface area contributed by atoms with E-state index in [1.165, 1.54) is 19.1 Å². The Bertz CT molecular complexity index is 1290. The maximum Gasteiger partial charge on any atom is 0.300 e. The van der Waals surface area contributed by atoms with E-state index in [2.05, 4.69) is 25.8 Å². The van der Waals surface area contributed by atoms with Crippen LogP contribution < -0.4 is 14.4 Å². The van der Waals surface area contributed by atoms with Gasteiger partial charge in [0.25, 0.3) is 11.7 Å². The van der Waals surface area contributed by atoms with Crippen molar-refractivity contribution in [3.8, 4) is 11.5 Å². The van der Waals surface area contributed by atoms with E-state index in [-0.39, 0.29) is 16.7 Å². The number of methoxy groups -OCH3 is 2. The van der Waals surface area contributed by atoms with Gasteiger partial charge in [-0.1, -0.05) is 39.0 Å². The highest BCUT2D eigenvalue weighted by atomic mass is 16.5. The van der Waals surface area contributed by atoms with Gasteiger partial charge in [0.15, 0.2) is 11.5 Å². The molecule has 2 heterocycles. The van der Waals surface area contributed by atoms with Gasteiger partial charge in [0, 0.05) is 23.6 Å². The lowest BCUT2D eigenvalue weighted by atomic mass is 9.87. The highest BCUT2D eigenvalue weighted by molar-refractivity contribution is 6.51. The topological polar surface area (TPSA) is 89.0 Å². The van der Waals surface area contributed by atoms with Crippen molar-refractivity contribution in [3.63, 3.8) is 0 Å². The van der Waals surface area contributed by atoms with Crippen molar-refractivity contribution in [1.82, 2.24) is 4.98 Å². The summed E-state index contributed by atoms with van der Waals surface area (Å²) in [6.45, 7) is 6.31. The van der Waals surface area contributed by atoms with E-state index < -0.39 is 17.7 Å². The van der Waals surface area contributed by atoms with E-state index in [0.717, 1.165) is 5.56 Å². The number of carbonyl (C=O) groups excluding carboxylic acids is 2. The van der Waals surface area contributed by atoms with E-state index in [0.29, 0.717) is 28.3 Å². The van der Waals surface area contributed by atoms with Crippen LogP contribution in [0.4, 0.5) is 5.69 Å². The largest absolute Gasteiger partial charge is 0.507 e. The molecule has 1 aliphatic heterocycles. The molecule has 1 atom stereocenters. The van der Waals surface area contributed by atoms with Crippen molar-refractivity contribution >= 4 is 23.1 Å². The molecule has 1 N–H and O–H groups in total. The Hall–Kier alpha value is -4.13. The lowest BCUT2D eigenvalue weighted by Gasteiger charge is -2.26. The quantitative estimate of drug-likeness (QED) is 0.319. The number of ether oxygens (including phenoxy) is 2. The number of hydrogen-bond donors (Lipinski definition) is 1. The summed E-state index contributed by atoms with van der Waals surface area (Å²) in [6, 6.07) is 15.0. The zero-order valence-electron chi connectivity index (χ0n) is 20.4. The maximum atomic E-state index is 13.3. The lowest BCUT2D eigenvalue weighted by molar-refractivity contribution is -0.132. The van der Waals surface area contributed by atoms with Gasteiger partial charge in [0.2, 0.25) is 0 Å². The first-order valence-electron chi connectivity index (χ1n) is 11.2. The Morgan fingerprint density at radius 1 is 0.971 bits per heavy atom. The second kappa shape index (κ2) is 9.25. The monoisotopic (exact) mass is 472 g/mol. The Kier molecular flexibility index (Phi) is 6.35. The van der Waals surface area contributed by atoms with Gasteiger partial charge in [-0.05, 0) is 52.9 Å². The summed E-state index contributed by atoms with van der Waals surface area (Å²) in [4.78, 5) is 32.2. The van der Waals surface area contributed by atoms with Gasteiger partial charge in [-0.25, -0.2) is 0 Å². The normalized spacial score (nSPS) is 17.5. The summed E-state index contributed by atoms with van der Waals surface area (Å²) in [5.74, 6) is -0.920. The van der Waals surface area contributed by atoms with Crippen LogP contribution >= 0.6 is 0 Å². The van der Waals surface area contributed by atoms with Crippen LogP contribution in [0.15, 0.2) is 72.6 Å². The van der Waals surface area contributed by atoms with Gasteiger partial charge in [0.1, 0.15) is 5.76 Å². The van der Waals surface area contributed by atoms with Crippen LogP contribution in [0, 0.1) is 0 Å². The highest BCUT2D eigenvalue weighted by Gasteiger charge is 2.47. The Balaban J connectivity index is 1.89. The van der Waals surface area contributed by atoms with E-state index in [1.54, 1.807) is 42.7 Å². The third-order valence-corrected chi connectivity index (χ3v) is 6.11. The number of pyridine rings is 1. The fourth-order valence-corrected chi connectivity index (χ4v) is 4.21. The summed E-state index contributed by atoms with van der Waals surface area (Å²) in [6.07, 6.45) is 3.21. The second-order valence-corrected chi connectivity index (χ2v) is 9.32. The number of aliphatic hydroxyl groups is 1. The molecule has 4 rings (SSSR count). The molecule has 1 saturated heterocycles. The summed E-state index contributed by atoms with van der Waals surface area (Å²) in [7, 11) is 2.99. The predicted molar refractivity (Wildman–Crippen MR) is 134 cm³/mol. The van der Waals surface area contributed by atoms with Crippen LogP contribution in [0.5, 0.6) is 11.5 Å². The Morgan fingerprint density at radius 3 is 2.23 bits per heavy atom. The SMILES string of the molecule is COc1ccc(/C(O)=C2/C(=O)C(=O)N(c3ccc(C(C)(C)C)cc3)C2c2cccnc2)cc1OC. The van der Waals surface area contributed by atoms with E-state index in [4.69, 9.17) is 9.47 Å². The minimum Gasteiger partial charge on any atom is -0.507 e. The fourth-order valence-electron chi connectivity index (χ4n) is 4.21. The second-order valence-electron chi connectivity index (χ2n) is 9.32. The van der Waals surface area contributed by atoms with Crippen molar-refractivity contribution in [2.45, 2.75) is 32.2 Å². The smallest absolute Gasteiger partial charge is 0.300 e. The van der Waals surface area contributed by atoms with Crippen molar-refractivity contribution in [2.24, 2.45) is 0 Å². The molecule has 35 heavy (non-hydrogen) atoms. The van der Waals surface area contributed by atoms with E-state index in [9.17, 15) is 14.7 Å². The number of ketones is 1. The number of benzene rings is 2. The molecule has 1 aromatic heterocycles. The number of aliphatic hydroxyl groups excluding tert-OH is 1. The summed E-state index contributed by atoms with van der Waals surface area (Å²) in [5.41, 5.74) is 2.51. The number of aromatic nitrogens is 1. The molecule has 180 valence electrons. The average Bonchev–Trinajstić information content (AvgIpc) is 3.13. The molecular weight excluding hydrogens is 444 g/mol. The number of Topliss-reactive ketones (excluding diaryl/α,β-unsaturated/α-hetero) is 1. The number of rotatable bonds is 5. The van der Waals surface area contributed by atoms with Crippen LogP contribution in [-0.4, -0.2) is 36.0 Å². The molecule has 0 spiro atoms. The fraction of sp³-hybridized carbons (Fsp3) is 0.250. The average molecular weight is 473 g/mol. The number of anilines is 1. The van der Waals surface area contributed by atoms with Crippen molar-refractivity contribution < 1.29 is 24.2 Å². The number of hydrogen-bond acceptors (Lipinski definition) is 6. The molecular formula is C28H28N2O5. The van der Waals surface area contributed by atoms with Gasteiger partial charge in [0.05, 0.1) is 25.8 Å². The van der Waals surface area contributed by atoms with Crippen LogP contribution in [-0.2, 0) is 15.0 Å². The highest BCUT2D eigenvalue weighted by Crippen LogP contribution is 2.43. The summed E-state index contributed by atoms with van der Waals surface area (Å²) >= 11 is 0. The first-order chi connectivity index (χ1) is 16.7. The zero-order valence-corrected chi connectivity index (χ0v) is 20.4. The molecule has 2 aromatic carbocycles. The van der Waals surface area contributed by atoms with Crippen LogP contribution in [0.3, 0.4) is 0 Å². The van der Waals surface area contributed by atoms with Gasteiger partial charge < -0.3 is 14.6 Å². The Labute approximate surface area is 204 Å². The molecule has 1 amide bonds. The van der Waals surface area contributed by atoms with Crippen LogP contribution in [0.25, 0.3) is 5.76 Å². The number of carbonyl (C=O) groups is 2. The van der Waals surface area contributed by atoms with Crippen LogP contribution in [0.1, 0.15) is 43.5 Å². The molecule has 1 aliphatic rings. The van der Waals surface area contributed by atoms with Gasteiger partial charge >= 0.3 is 0 Å². The molecule has 7 heteroatoms. The number of nitrogens with zero attached hydrogens (tertiary/aromatic N) is 2. The summed E-state index contributed by atoms with van der Waals surface area (Å²) < 4.78 is 10.6. The standard InChI is InChI=1S/C28H28N2O5/c1-28(2,3)19-9-11-20(12-10-19)30-24(18-7-6-14-29-16-18)23(26(32)27(30)33)25(31)17-8-13-21(34-4)22(15-17)35-5/h6-16,24,31H,1-5H3/b25-23-. The lowest BCUT2D eigenvalue weighted by Crippen LogP contribution is -2.29. The van der Waals surface area contributed by atoms with Gasteiger partial charge in [-0.2, -0.15) is 0 Å². The molecule has 3 aromatic rings. The summed E-state index contributed by atoms with van der Waals surface area (Å²) in [5, 5.41) is 11.3. The zero-order chi connectivity index (χ0) is 25.3. The minimum absolute atomic E-state index is 0.0184. The van der Waals surface area contributed by atoms with E-state index >= 15 is 0 Å². The molecule has 7 nitrogen and oxygen atoms in total. The maximum absolute atomic E-state index is 13.3. The number of amides is 1. The molecule has 0 aliphatic carbocycles. The Morgan fingerprint density at radius 2 is 1.66 bits per heavy atom. The molecule has 0 saturated carbocycles. The molecule has 0 radical (unpaired) electrons. The first kappa shape index (κ1) is 24.0. The first-order valence-corrected chi connectivity index (χ1v) is 11.2. The van der Waals surface area contributed by atoms with Gasteiger partial charge in [-0.15, -0.1) is 0 Å². The molecule has 0 bridgehead atoms. The third-order valence-electron chi connectivity index (χ3n) is 6.11. The van der Waals surface area contributed by atoms with Crippen molar-refractivity contribution in [2.75, 3.05) is 19.1 Å². The third kappa shape index (κ3) is 4.37. The van der Waals surface area contributed by atoms with E-state index in [1.807, 2.05) is 24.3 Å². The van der Waals surface area contributed by atoms with Gasteiger partial charge in [-0.3, -0.25) is 19.5 Å². The predicted octanol–water partition coefficient (Wildman–Crippen LogP) is 5.02. The molecule has 1 fully saturated rings. The van der Waals surface area contributed by atoms with Crippen LogP contribution in [0.2, 0.25) is 0 Å². The van der Waals surface area contributed by atoms with Crippen molar-refractivity contribution in [3.05, 3.63) is 89.3 Å².